The lowest BCUT2D eigenvalue weighted by Crippen LogP contribution is -2.23. The van der Waals surface area contributed by atoms with Crippen molar-refractivity contribution in [3.05, 3.63) is 75.7 Å². The Bertz CT molecular complexity index is 1400. The summed E-state index contributed by atoms with van der Waals surface area (Å²) in [5, 5.41) is 0. The minimum atomic E-state index is -4.70. The van der Waals surface area contributed by atoms with Crippen molar-refractivity contribution in [1.29, 1.82) is 0 Å². The van der Waals surface area contributed by atoms with Crippen molar-refractivity contribution in [2.24, 2.45) is 0 Å². The third kappa shape index (κ3) is 6.38. The van der Waals surface area contributed by atoms with Crippen LogP contribution in [0.15, 0.2) is 47.4 Å². The second-order valence-corrected chi connectivity index (χ2v) is 9.89. The number of alkyl halides is 3. The number of aromatic nitrogens is 1. The molecule has 6 nitrogen and oxygen atoms in total. The first-order valence-electron chi connectivity index (χ1n) is 10.2. The van der Waals surface area contributed by atoms with E-state index in [0.29, 0.717) is 6.07 Å². The SMILES string of the molecule is CCS(=O)(=O)Cc1cccc(-c2c[nH]c(=O)c(OCC(F)(F)F)c2C)c1Oc1ccc(F)cc1F. The summed E-state index contributed by atoms with van der Waals surface area (Å²) in [7, 11) is -3.59. The molecule has 1 heterocycles. The van der Waals surface area contributed by atoms with Crippen LogP contribution in [0.2, 0.25) is 0 Å². The fourth-order valence-corrected chi connectivity index (χ4v) is 4.16. The van der Waals surface area contributed by atoms with E-state index in [0.717, 1.165) is 12.1 Å². The molecule has 1 aromatic heterocycles. The average molecular weight is 517 g/mol. The predicted octanol–water partition coefficient (Wildman–Crippen LogP) is 5.30. The van der Waals surface area contributed by atoms with Crippen LogP contribution in [0.1, 0.15) is 18.1 Å². The molecule has 3 aromatic rings. The number of H-pyrrole nitrogens is 1. The number of sulfone groups is 1. The average Bonchev–Trinajstić information content (AvgIpc) is 2.76. The molecule has 3 rings (SSSR count). The van der Waals surface area contributed by atoms with Crippen LogP contribution in [0.3, 0.4) is 0 Å². The lowest BCUT2D eigenvalue weighted by atomic mass is 9.99. The molecule has 1 N–H and O–H groups in total. The van der Waals surface area contributed by atoms with E-state index in [4.69, 9.17) is 9.47 Å². The van der Waals surface area contributed by atoms with E-state index in [1.807, 2.05) is 0 Å². The highest BCUT2D eigenvalue weighted by atomic mass is 32.2. The maximum Gasteiger partial charge on any atom is 0.422 e. The Hall–Kier alpha value is -3.41. The van der Waals surface area contributed by atoms with Gasteiger partial charge in [-0.15, -0.1) is 0 Å². The van der Waals surface area contributed by atoms with Gasteiger partial charge in [0.15, 0.2) is 33.8 Å². The lowest BCUT2D eigenvalue weighted by molar-refractivity contribution is -0.153. The van der Waals surface area contributed by atoms with Crippen LogP contribution in [0, 0.1) is 18.6 Å². The monoisotopic (exact) mass is 517 g/mol. The van der Waals surface area contributed by atoms with Gasteiger partial charge < -0.3 is 14.5 Å². The fraction of sp³-hybridized carbons (Fsp3) is 0.261. The number of rotatable bonds is 8. The molecule has 0 saturated carbocycles. The lowest BCUT2D eigenvalue weighted by Gasteiger charge is -2.19. The highest BCUT2D eigenvalue weighted by Gasteiger charge is 2.30. The number of halogens is 5. The van der Waals surface area contributed by atoms with E-state index in [9.17, 15) is 35.2 Å². The molecule has 12 heteroatoms. The normalized spacial score (nSPS) is 12.0. The number of para-hydroxylation sites is 1. The van der Waals surface area contributed by atoms with Crippen LogP contribution in [0.4, 0.5) is 22.0 Å². The van der Waals surface area contributed by atoms with Crippen LogP contribution in [0.5, 0.6) is 17.2 Å². The van der Waals surface area contributed by atoms with Crippen molar-refractivity contribution in [3.8, 4) is 28.4 Å². The van der Waals surface area contributed by atoms with Gasteiger partial charge in [-0.3, -0.25) is 4.79 Å². The van der Waals surface area contributed by atoms with Crippen molar-refractivity contribution in [2.75, 3.05) is 12.4 Å². The standard InChI is InChI=1S/C23H20F5NO5S/c1-3-35(31,32)11-14-5-4-6-16(21(14)34-19-8-7-15(24)9-18(19)25)17-10-29-22(30)20(13(17)2)33-12-23(26,27)28/h4-10H,3,11-12H2,1-2H3,(H,29,30). The summed E-state index contributed by atoms with van der Waals surface area (Å²) >= 11 is 0. The number of aromatic amines is 1. The number of hydrogen-bond acceptors (Lipinski definition) is 5. The molecule has 0 spiro atoms. The molecular formula is C23H20F5NO5S. The molecule has 0 aliphatic carbocycles. The van der Waals surface area contributed by atoms with Gasteiger partial charge in [-0.1, -0.05) is 25.1 Å². The molecule has 0 unspecified atom stereocenters. The first-order valence-corrected chi connectivity index (χ1v) is 12.0. The van der Waals surface area contributed by atoms with Crippen LogP contribution in [-0.4, -0.2) is 31.9 Å². The van der Waals surface area contributed by atoms with Gasteiger partial charge in [-0.05, 0) is 19.1 Å². The zero-order chi connectivity index (χ0) is 26.0. The molecule has 0 aliphatic heterocycles. The van der Waals surface area contributed by atoms with E-state index >= 15 is 0 Å². The van der Waals surface area contributed by atoms with Crippen molar-refractivity contribution < 1.29 is 39.8 Å². The molecule has 0 fully saturated rings. The Morgan fingerprint density at radius 3 is 2.37 bits per heavy atom. The van der Waals surface area contributed by atoms with Gasteiger partial charge in [-0.25, -0.2) is 17.2 Å². The minimum absolute atomic E-state index is 0.0120. The Kier molecular flexibility index (Phi) is 7.53. The van der Waals surface area contributed by atoms with Gasteiger partial charge in [0.05, 0.1) is 5.75 Å². The molecule has 35 heavy (non-hydrogen) atoms. The second-order valence-electron chi connectivity index (χ2n) is 7.54. The van der Waals surface area contributed by atoms with Gasteiger partial charge in [-0.2, -0.15) is 13.2 Å². The summed E-state index contributed by atoms with van der Waals surface area (Å²) in [6, 6.07) is 6.89. The van der Waals surface area contributed by atoms with Crippen LogP contribution in [0.25, 0.3) is 11.1 Å². The largest absolute Gasteiger partial charge is 0.478 e. The third-order valence-electron chi connectivity index (χ3n) is 4.99. The Balaban J connectivity index is 2.21. The van der Waals surface area contributed by atoms with Gasteiger partial charge >= 0.3 is 6.18 Å². The fourth-order valence-electron chi connectivity index (χ4n) is 3.25. The molecular weight excluding hydrogens is 497 g/mol. The summed E-state index contributed by atoms with van der Waals surface area (Å²) in [5.41, 5.74) is -0.486. The molecule has 0 amide bonds. The van der Waals surface area contributed by atoms with Gasteiger partial charge in [0.2, 0.25) is 0 Å². The highest BCUT2D eigenvalue weighted by molar-refractivity contribution is 7.90. The highest BCUT2D eigenvalue weighted by Crippen LogP contribution is 2.40. The molecule has 0 saturated heterocycles. The van der Waals surface area contributed by atoms with Crippen molar-refractivity contribution in [3.63, 3.8) is 0 Å². The zero-order valence-corrected chi connectivity index (χ0v) is 19.3. The van der Waals surface area contributed by atoms with Gasteiger partial charge in [0.25, 0.3) is 5.56 Å². The molecule has 0 aliphatic rings. The number of nitrogens with one attached hydrogen (secondary N) is 1. The first-order chi connectivity index (χ1) is 16.3. The molecule has 0 bridgehead atoms. The van der Waals surface area contributed by atoms with Crippen molar-refractivity contribution in [2.45, 2.75) is 25.8 Å². The summed E-state index contributed by atoms with van der Waals surface area (Å²) in [6.07, 6.45) is -3.50. The summed E-state index contributed by atoms with van der Waals surface area (Å²) < 4.78 is 101. The Morgan fingerprint density at radius 1 is 1.03 bits per heavy atom. The first kappa shape index (κ1) is 26.2. The van der Waals surface area contributed by atoms with E-state index in [1.54, 1.807) is 0 Å². The molecule has 0 atom stereocenters. The van der Waals surface area contributed by atoms with E-state index in [-0.39, 0.29) is 33.8 Å². The van der Waals surface area contributed by atoms with E-state index < -0.39 is 57.1 Å². The van der Waals surface area contributed by atoms with Crippen LogP contribution < -0.4 is 15.0 Å². The van der Waals surface area contributed by atoms with Crippen LogP contribution >= 0.6 is 0 Å². The maximum absolute atomic E-state index is 14.4. The zero-order valence-electron chi connectivity index (χ0n) is 18.5. The number of hydrogen-bond donors (Lipinski definition) is 1. The van der Waals surface area contributed by atoms with Crippen LogP contribution in [-0.2, 0) is 15.6 Å². The Morgan fingerprint density at radius 2 is 1.74 bits per heavy atom. The maximum atomic E-state index is 14.4. The van der Waals surface area contributed by atoms with E-state index in [2.05, 4.69) is 4.98 Å². The number of benzene rings is 2. The minimum Gasteiger partial charge on any atom is -0.478 e. The summed E-state index contributed by atoms with van der Waals surface area (Å²) in [5.74, 6) is -3.75. The van der Waals surface area contributed by atoms with Crippen molar-refractivity contribution in [1.82, 2.24) is 4.98 Å². The second kappa shape index (κ2) is 10.1. The smallest absolute Gasteiger partial charge is 0.422 e. The predicted molar refractivity (Wildman–Crippen MR) is 118 cm³/mol. The summed E-state index contributed by atoms with van der Waals surface area (Å²) in [6.45, 7) is 1.07. The molecule has 2 aromatic carbocycles. The Labute approximate surface area is 197 Å². The quantitative estimate of drug-likeness (QED) is 0.410. The molecule has 188 valence electrons. The number of ether oxygens (including phenoxy) is 2. The molecule has 0 radical (unpaired) electrons. The van der Waals surface area contributed by atoms with Crippen molar-refractivity contribution >= 4 is 9.84 Å². The van der Waals surface area contributed by atoms with Gasteiger partial charge in [0.1, 0.15) is 11.6 Å². The van der Waals surface area contributed by atoms with E-state index in [1.165, 1.54) is 38.2 Å². The third-order valence-corrected chi connectivity index (χ3v) is 6.62. The summed E-state index contributed by atoms with van der Waals surface area (Å²) in [4.78, 5) is 14.4. The topological polar surface area (TPSA) is 85.5 Å². The number of pyridine rings is 1. The van der Waals surface area contributed by atoms with Gasteiger partial charge in [0, 0.05) is 40.3 Å².